The lowest BCUT2D eigenvalue weighted by molar-refractivity contribution is -0.113. The van der Waals surface area contributed by atoms with Crippen molar-refractivity contribution >= 4 is 45.7 Å². The molecule has 2 amide bonds. The van der Waals surface area contributed by atoms with E-state index in [4.69, 9.17) is 0 Å². The van der Waals surface area contributed by atoms with Gasteiger partial charge in [-0.15, -0.1) is 22.0 Å². The summed E-state index contributed by atoms with van der Waals surface area (Å²) in [5, 5.41) is 13.5. The normalized spacial score (nSPS) is 10.3. The minimum absolute atomic E-state index is 0.127. The van der Waals surface area contributed by atoms with Gasteiger partial charge in [-0.05, 0) is 31.2 Å². The summed E-state index contributed by atoms with van der Waals surface area (Å²) < 4.78 is 0. The van der Waals surface area contributed by atoms with Crippen LogP contribution in [0.15, 0.2) is 58.9 Å². The zero-order valence-corrected chi connectivity index (χ0v) is 15.6. The third-order valence-electron chi connectivity index (χ3n) is 3.41. The minimum atomic E-state index is -0.274. The van der Waals surface area contributed by atoms with Crippen molar-refractivity contribution in [2.24, 2.45) is 0 Å². The molecule has 0 spiro atoms. The lowest BCUT2D eigenvalue weighted by Gasteiger charge is -2.09. The van der Waals surface area contributed by atoms with E-state index in [-0.39, 0.29) is 17.6 Å². The Hall–Kier alpha value is -2.71. The van der Waals surface area contributed by atoms with E-state index in [1.165, 1.54) is 23.1 Å². The van der Waals surface area contributed by atoms with E-state index in [0.717, 1.165) is 16.1 Å². The minimum Gasteiger partial charge on any atom is -0.325 e. The molecular formula is C18H16N4O2S2. The average Bonchev–Trinajstić information content (AvgIpc) is 3.15. The fourth-order valence-corrected chi connectivity index (χ4v) is 3.44. The summed E-state index contributed by atoms with van der Waals surface area (Å²) in [4.78, 5) is 25.3. The van der Waals surface area contributed by atoms with Crippen LogP contribution in [0.3, 0.4) is 0 Å². The topological polar surface area (TPSA) is 84.0 Å². The van der Waals surface area contributed by atoms with E-state index in [9.17, 15) is 9.59 Å². The highest BCUT2D eigenvalue weighted by molar-refractivity contribution is 8.00. The number of nitrogens with one attached hydrogen (secondary N) is 2. The van der Waals surface area contributed by atoms with Crippen molar-refractivity contribution in [3.05, 3.63) is 65.2 Å². The summed E-state index contributed by atoms with van der Waals surface area (Å²) in [6.07, 6.45) is 0. The predicted octanol–water partition coefficient (Wildman–Crippen LogP) is 3.83. The number of benzene rings is 2. The van der Waals surface area contributed by atoms with Gasteiger partial charge >= 0.3 is 0 Å². The van der Waals surface area contributed by atoms with Crippen molar-refractivity contribution < 1.29 is 9.59 Å². The van der Waals surface area contributed by atoms with Gasteiger partial charge in [0, 0.05) is 10.6 Å². The highest BCUT2D eigenvalue weighted by atomic mass is 32.2. The van der Waals surface area contributed by atoms with Crippen molar-refractivity contribution in [3.63, 3.8) is 0 Å². The Morgan fingerprint density at radius 2 is 1.85 bits per heavy atom. The van der Waals surface area contributed by atoms with Gasteiger partial charge in [0.2, 0.25) is 11.0 Å². The molecule has 3 rings (SSSR count). The molecule has 1 heterocycles. The van der Waals surface area contributed by atoms with Gasteiger partial charge in [0.15, 0.2) is 0 Å². The number of anilines is 2. The van der Waals surface area contributed by atoms with Crippen LogP contribution in [0.25, 0.3) is 0 Å². The molecule has 0 bridgehead atoms. The number of aryl methyl sites for hydroxylation is 1. The second kappa shape index (κ2) is 8.59. The molecule has 3 aromatic rings. The summed E-state index contributed by atoms with van der Waals surface area (Å²) in [6.45, 7) is 1.99. The number of carbonyl (C=O) groups is 2. The molecule has 8 heteroatoms. The molecule has 0 unspecified atom stereocenters. The molecule has 0 aliphatic carbocycles. The zero-order valence-electron chi connectivity index (χ0n) is 13.9. The van der Waals surface area contributed by atoms with Crippen LogP contribution in [-0.2, 0) is 4.79 Å². The standard InChI is InChI=1S/C18H16N4O2S2/c1-12-6-8-13(9-7-12)20-16(23)10-25-15-5-3-2-4-14(15)17(24)21-18-22-19-11-26-18/h2-9,11H,10H2,1H3,(H,20,23)(H,21,22,24). The summed E-state index contributed by atoms with van der Waals surface area (Å²) >= 11 is 2.56. The van der Waals surface area contributed by atoms with Crippen molar-refractivity contribution in [3.8, 4) is 0 Å². The van der Waals surface area contributed by atoms with Crippen LogP contribution in [0.4, 0.5) is 10.8 Å². The highest BCUT2D eigenvalue weighted by Crippen LogP contribution is 2.24. The molecule has 1 aromatic heterocycles. The van der Waals surface area contributed by atoms with Crippen molar-refractivity contribution in [1.82, 2.24) is 10.2 Å². The number of rotatable bonds is 6. The SMILES string of the molecule is Cc1ccc(NC(=O)CSc2ccccc2C(=O)Nc2nncs2)cc1. The van der Waals surface area contributed by atoms with Crippen LogP contribution >= 0.6 is 23.1 Å². The first-order valence-electron chi connectivity index (χ1n) is 7.77. The van der Waals surface area contributed by atoms with Gasteiger partial charge in [0.1, 0.15) is 5.51 Å². The van der Waals surface area contributed by atoms with Gasteiger partial charge in [0.05, 0.1) is 11.3 Å². The van der Waals surface area contributed by atoms with Crippen LogP contribution in [0.2, 0.25) is 0 Å². The monoisotopic (exact) mass is 384 g/mol. The largest absolute Gasteiger partial charge is 0.325 e. The van der Waals surface area contributed by atoms with Gasteiger partial charge in [0.25, 0.3) is 5.91 Å². The Kier molecular flexibility index (Phi) is 5.98. The van der Waals surface area contributed by atoms with Crippen molar-refractivity contribution in [2.75, 3.05) is 16.4 Å². The number of aromatic nitrogens is 2. The maximum absolute atomic E-state index is 12.4. The van der Waals surface area contributed by atoms with E-state index in [2.05, 4.69) is 20.8 Å². The van der Waals surface area contributed by atoms with Crippen LogP contribution < -0.4 is 10.6 Å². The van der Waals surface area contributed by atoms with Gasteiger partial charge < -0.3 is 5.32 Å². The predicted molar refractivity (Wildman–Crippen MR) is 105 cm³/mol. The number of nitrogens with zero attached hydrogens (tertiary/aromatic N) is 2. The molecule has 2 aromatic carbocycles. The lowest BCUT2D eigenvalue weighted by atomic mass is 10.2. The van der Waals surface area contributed by atoms with Gasteiger partial charge in [-0.2, -0.15) is 0 Å². The summed E-state index contributed by atoms with van der Waals surface area (Å²) in [6, 6.07) is 14.8. The molecule has 0 saturated carbocycles. The van der Waals surface area contributed by atoms with Crippen molar-refractivity contribution in [1.29, 1.82) is 0 Å². The smallest absolute Gasteiger partial charge is 0.258 e. The summed E-state index contributed by atoms with van der Waals surface area (Å²) in [5.41, 5.74) is 3.93. The highest BCUT2D eigenvalue weighted by Gasteiger charge is 2.14. The molecular weight excluding hydrogens is 368 g/mol. The van der Waals surface area contributed by atoms with Crippen molar-refractivity contribution in [2.45, 2.75) is 11.8 Å². The molecule has 132 valence electrons. The molecule has 2 N–H and O–H groups in total. The van der Waals surface area contributed by atoms with E-state index in [1.807, 2.05) is 43.3 Å². The summed E-state index contributed by atoms with van der Waals surface area (Å²) in [7, 11) is 0. The van der Waals surface area contributed by atoms with Crippen LogP contribution in [0.1, 0.15) is 15.9 Å². The second-order valence-electron chi connectivity index (χ2n) is 5.40. The van der Waals surface area contributed by atoms with E-state index in [1.54, 1.807) is 17.6 Å². The van der Waals surface area contributed by atoms with E-state index in [0.29, 0.717) is 10.7 Å². The first-order chi connectivity index (χ1) is 12.6. The maximum atomic E-state index is 12.4. The first kappa shape index (κ1) is 18.1. The molecule has 0 atom stereocenters. The molecule has 6 nitrogen and oxygen atoms in total. The zero-order chi connectivity index (χ0) is 18.4. The Labute approximate surface area is 159 Å². The molecule has 26 heavy (non-hydrogen) atoms. The Morgan fingerprint density at radius 3 is 2.58 bits per heavy atom. The number of amides is 2. The lowest BCUT2D eigenvalue weighted by Crippen LogP contribution is -2.15. The summed E-state index contributed by atoms with van der Waals surface area (Å²) in [5.74, 6) is -0.196. The maximum Gasteiger partial charge on any atom is 0.258 e. The third kappa shape index (κ3) is 4.90. The van der Waals surface area contributed by atoms with Gasteiger partial charge in [-0.25, -0.2) is 0 Å². The molecule has 0 fully saturated rings. The third-order valence-corrected chi connectivity index (χ3v) is 5.09. The first-order valence-corrected chi connectivity index (χ1v) is 9.64. The number of thioether (sulfide) groups is 1. The number of hydrogen-bond donors (Lipinski definition) is 2. The molecule has 0 saturated heterocycles. The Morgan fingerprint density at radius 1 is 1.08 bits per heavy atom. The van der Waals surface area contributed by atoms with E-state index < -0.39 is 0 Å². The van der Waals surface area contributed by atoms with Crippen LogP contribution in [0.5, 0.6) is 0 Å². The van der Waals surface area contributed by atoms with Gasteiger partial charge in [-0.1, -0.05) is 41.2 Å². The fraction of sp³-hybridized carbons (Fsp3) is 0.111. The van der Waals surface area contributed by atoms with Crippen LogP contribution in [-0.4, -0.2) is 27.8 Å². The molecule has 0 radical (unpaired) electrons. The second-order valence-corrected chi connectivity index (χ2v) is 7.25. The fourth-order valence-electron chi connectivity index (χ4n) is 2.15. The quantitative estimate of drug-likeness (QED) is 0.631. The van der Waals surface area contributed by atoms with E-state index >= 15 is 0 Å². The molecule has 0 aliphatic rings. The number of hydrogen-bond acceptors (Lipinski definition) is 6. The number of carbonyl (C=O) groups excluding carboxylic acids is 2. The molecule has 0 aliphatic heterocycles. The van der Waals surface area contributed by atoms with Crippen LogP contribution in [0, 0.1) is 6.92 Å². The average molecular weight is 384 g/mol. The Bertz CT molecular complexity index is 896. The van der Waals surface area contributed by atoms with Gasteiger partial charge in [-0.3, -0.25) is 14.9 Å². The Balaban J connectivity index is 1.61.